The van der Waals surface area contributed by atoms with Crippen molar-refractivity contribution in [3.8, 4) is 11.5 Å². The lowest BCUT2D eigenvalue weighted by molar-refractivity contribution is 0.0791. The van der Waals surface area contributed by atoms with Crippen molar-refractivity contribution in [3.05, 3.63) is 34.8 Å². The van der Waals surface area contributed by atoms with Crippen molar-refractivity contribution in [2.24, 2.45) is 0 Å². The zero-order chi connectivity index (χ0) is 19.1. The lowest BCUT2D eigenvalue weighted by atomic mass is 10.2. The molecular formula is C17H24Cl2N4O4S. The van der Waals surface area contributed by atoms with Crippen LogP contribution in [0.4, 0.5) is 5.13 Å². The Balaban J connectivity index is 0.00000364. The van der Waals surface area contributed by atoms with Crippen molar-refractivity contribution in [1.29, 1.82) is 0 Å². The predicted molar refractivity (Wildman–Crippen MR) is 115 cm³/mol. The largest absolute Gasteiger partial charge is 0.493 e. The maximum atomic E-state index is 12.4. The molecule has 11 heteroatoms. The summed E-state index contributed by atoms with van der Waals surface area (Å²) in [6, 6.07) is 4.86. The van der Waals surface area contributed by atoms with E-state index in [0.29, 0.717) is 41.0 Å². The fourth-order valence-corrected chi connectivity index (χ4v) is 2.83. The third-order valence-electron chi connectivity index (χ3n) is 3.63. The Morgan fingerprint density at radius 3 is 2.46 bits per heavy atom. The van der Waals surface area contributed by atoms with Gasteiger partial charge in [0.25, 0.3) is 11.8 Å². The Hall–Kier alpha value is -2.07. The molecule has 1 aromatic heterocycles. The van der Waals surface area contributed by atoms with Crippen LogP contribution in [0.5, 0.6) is 11.5 Å². The molecule has 2 N–H and O–H groups in total. The van der Waals surface area contributed by atoms with E-state index in [1.54, 1.807) is 35.5 Å². The maximum Gasteiger partial charge on any atom is 0.273 e. The molecule has 0 bridgehead atoms. The Kier molecular flexibility index (Phi) is 11.5. The van der Waals surface area contributed by atoms with E-state index >= 15 is 0 Å². The number of rotatable bonds is 8. The van der Waals surface area contributed by atoms with Gasteiger partial charge in [-0.1, -0.05) is 0 Å². The van der Waals surface area contributed by atoms with Crippen LogP contribution in [0.15, 0.2) is 23.6 Å². The highest BCUT2D eigenvalue weighted by Crippen LogP contribution is 2.28. The van der Waals surface area contributed by atoms with Crippen molar-refractivity contribution < 1.29 is 19.1 Å². The minimum absolute atomic E-state index is 0. The molecule has 0 aliphatic carbocycles. The molecule has 156 valence electrons. The molecule has 1 heterocycles. The molecule has 0 saturated heterocycles. The van der Waals surface area contributed by atoms with Gasteiger partial charge in [0.2, 0.25) is 0 Å². The number of hydrogen-bond donors (Lipinski definition) is 2. The summed E-state index contributed by atoms with van der Waals surface area (Å²) in [7, 11) is 6.56. The van der Waals surface area contributed by atoms with Gasteiger partial charge in [-0.05, 0) is 25.2 Å². The summed E-state index contributed by atoms with van der Waals surface area (Å²) in [5.41, 5.74) is 0.702. The Labute approximate surface area is 180 Å². The number of benzene rings is 1. The smallest absolute Gasteiger partial charge is 0.273 e. The molecule has 28 heavy (non-hydrogen) atoms. The number of carbonyl (C=O) groups is 2. The van der Waals surface area contributed by atoms with Crippen LogP contribution in [-0.4, -0.2) is 63.1 Å². The van der Waals surface area contributed by atoms with Gasteiger partial charge in [-0.15, -0.1) is 36.2 Å². The lowest BCUT2D eigenvalue weighted by Gasteiger charge is -2.15. The Morgan fingerprint density at radius 1 is 1.18 bits per heavy atom. The summed E-state index contributed by atoms with van der Waals surface area (Å²) in [6.45, 7) is 1.26. The zero-order valence-corrected chi connectivity index (χ0v) is 18.4. The maximum absolute atomic E-state index is 12.4. The zero-order valence-electron chi connectivity index (χ0n) is 16.0. The van der Waals surface area contributed by atoms with Crippen molar-refractivity contribution >= 4 is 53.1 Å². The minimum Gasteiger partial charge on any atom is -0.493 e. The first-order valence-electron chi connectivity index (χ1n) is 7.89. The van der Waals surface area contributed by atoms with Gasteiger partial charge in [0.15, 0.2) is 16.6 Å². The lowest BCUT2D eigenvalue weighted by Crippen LogP contribution is -2.32. The molecule has 0 fully saturated rings. The van der Waals surface area contributed by atoms with Gasteiger partial charge in [0.05, 0.1) is 14.2 Å². The predicted octanol–water partition coefficient (Wildman–Crippen LogP) is 2.55. The Bertz CT molecular complexity index is 788. The third kappa shape index (κ3) is 6.52. The molecule has 2 rings (SSSR count). The highest BCUT2D eigenvalue weighted by Gasteiger charge is 2.17. The van der Waals surface area contributed by atoms with Gasteiger partial charge in [-0.3, -0.25) is 14.9 Å². The van der Waals surface area contributed by atoms with Crippen LogP contribution < -0.4 is 20.1 Å². The van der Waals surface area contributed by atoms with Gasteiger partial charge in [0, 0.05) is 31.1 Å². The molecule has 0 aliphatic rings. The van der Waals surface area contributed by atoms with Crippen LogP contribution in [0.2, 0.25) is 0 Å². The van der Waals surface area contributed by atoms with Crippen LogP contribution in [-0.2, 0) is 0 Å². The standard InChI is InChI=1S/C17H22N4O4S.2ClH/c1-18-7-8-21(2)16(23)12-10-26-17(19-12)20-15(22)11-5-6-13(24-3)14(9-11)25-4;;/h5-6,9-10,18H,7-8H2,1-4H3,(H,19,20,22);2*1H. The van der Waals surface area contributed by atoms with Crippen molar-refractivity contribution in [3.63, 3.8) is 0 Å². The second-order valence-corrected chi connectivity index (χ2v) is 6.25. The van der Waals surface area contributed by atoms with Gasteiger partial charge in [0.1, 0.15) is 5.69 Å². The van der Waals surface area contributed by atoms with Crippen molar-refractivity contribution in [2.45, 2.75) is 0 Å². The van der Waals surface area contributed by atoms with E-state index in [4.69, 9.17) is 9.47 Å². The van der Waals surface area contributed by atoms with E-state index in [-0.39, 0.29) is 36.6 Å². The summed E-state index contributed by atoms with van der Waals surface area (Å²) in [5.74, 6) is 0.461. The number of likely N-dealkylation sites (N-methyl/N-ethyl adjacent to an activating group) is 2. The number of hydrogen-bond acceptors (Lipinski definition) is 7. The normalized spacial score (nSPS) is 9.57. The number of amides is 2. The van der Waals surface area contributed by atoms with Gasteiger partial charge in [-0.25, -0.2) is 4.98 Å². The Morgan fingerprint density at radius 2 is 1.86 bits per heavy atom. The summed E-state index contributed by atoms with van der Waals surface area (Å²) in [4.78, 5) is 30.4. The van der Waals surface area contributed by atoms with Crippen LogP contribution in [0, 0.1) is 0 Å². The molecule has 0 radical (unpaired) electrons. The SMILES string of the molecule is CNCCN(C)C(=O)c1csc(NC(=O)c2ccc(OC)c(OC)c2)n1.Cl.Cl. The van der Waals surface area contributed by atoms with E-state index in [9.17, 15) is 9.59 Å². The van der Waals surface area contributed by atoms with E-state index in [1.165, 1.54) is 25.6 Å². The third-order valence-corrected chi connectivity index (χ3v) is 4.39. The second kappa shape index (κ2) is 12.4. The molecule has 0 aliphatic heterocycles. The number of nitrogens with one attached hydrogen (secondary N) is 2. The average Bonchev–Trinajstić information content (AvgIpc) is 3.13. The number of anilines is 1. The molecule has 2 amide bonds. The minimum atomic E-state index is -0.345. The molecule has 0 atom stereocenters. The van der Waals surface area contributed by atoms with Crippen molar-refractivity contribution in [1.82, 2.24) is 15.2 Å². The van der Waals surface area contributed by atoms with Gasteiger partial charge in [-0.2, -0.15) is 0 Å². The first kappa shape index (κ1) is 25.9. The number of nitrogens with zero attached hydrogens (tertiary/aromatic N) is 2. The van der Waals surface area contributed by atoms with Crippen LogP contribution in [0.1, 0.15) is 20.8 Å². The average molecular weight is 451 g/mol. The highest BCUT2D eigenvalue weighted by atomic mass is 35.5. The number of thiazole rings is 1. The highest BCUT2D eigenvalue weighted by molar-refractivity contribution is 7.14. The number of carbonyl (C=O) groups excluding carboxylic acids is 2. The number of methoxy groups -OCH3 is 2. The van der Waals surface area contributed by atoms with Crippen LogP contribution in [0.3, 0.4) is 0 Å². The van der Waals surface area contributed by atoms with Gasteiger partial charge >= 0.3 is 0 Å². The summed E-state index contributed by atoms with van der Waals surface area (Å²) < 4.78 is 10.4. The fraction of sp³-hybridized carbons (Fsp3) is 0.353. The van der Waals surface area contributed by atoms with E-state index in [2.05, 4.69) is 15.6 Å². The molecule has 8 nitrogen and oxygen atoms in total. The van der Waals surface area contributed by atoms with E-state index in [0.717, 1.165) is 0 Å². The summed E-state index contributed by atoms with van der Waals surface area (Å²) in [5, 5.41) is 7.66. The first-order valence-corrected chi connectivity index (χ1v) is 8.77. The molecule has 1 aromatic carbocycles. The van der Waals surface area contributed by atoms with E-state index in [1.807, 2.05) is 7.05 Å². The molecule has 2 aromatic rings. The van der Waals surface area contributed by atoms with Gasteiger partial charge < -0.3 is 19.7 Å². The fourth-order valence-electron chi connectivity index (χ4n) is 2.15. The summed E-state index contributed by atoms with van der Waals surface area (Å²) >= 11 is 1.20. The van der Waals surface area contributed by atoms with Crippen LogP contribution >= 0.6 is 36.2 Å². The summed E-state index contributed by atoms with van der Waals surface area (Å²) in [6.07, 6.45) is 0. The topological polar surface area (TPSA) is 92.8 Å². The number of halogens is 2. The quantitative estimate of drug-likeness (QED) is 0.641. The molecular weight excluding hydrogens is 427 g/mol. The second-order valence-electron chi connectivity index (χ2n) is 5.39. The molecule has 0 saturated carbocycles. The number of aromatic nitrogens is 1. The van der Waals surface area contributed by atoms with Crippen LogP contribution in [0.25, 0.3) is 0 Å². The number of ether oxygens (including phenoxy) is 2. The van der Waals surface area contributed by atoms with E-state index < -0.39 is 0 Å². The first-order chi connectivity index (χ1) is 12.5. The van der Waals surface area contributed by atoms with Crippen molar-refractivity contribution in [2.75, 3.05) is 46.7 Å². The molecule has 0 spiro atoms. The monoisotopic (exact) mass is 450 g/mol. The molecule has 0 unspecified atom stereocenters.